The van der Waals surface area contributed by atoms with Crippen molar-refractivity contribution in [1.82, 2.24) is 4.90 Å². The van der Waals surface area contributed by atoms with E-state index in [4.69, 9.17) is 10.5 Å². The molecule has 0 aromatic heterocycles. The minimum atomic E-state index is 0.314. The highest BCUT2D eigenvalue weighted by Crippen LogP contribution is 2.30. The van der Waals surface area contributed by atoms with Gasteiger partial charge in [0, 0.05) is 32.1 Å². The van der Waals surface area contributed by atoms with Gasteiger partial charge in [-0.3, -0.25) is 4.90 Å². The second-order valence-electron chi connectivity index (χ2n) is 5.42. The number of nitrogens with two attached hydrogens (primary N) is 1. The minimum Gasteiger partial charge on any atom is -0.488 e. The molecule has 18 heavy (non-hydrogen) atoms. The molecule has 3 rings (SSSR count). The minimum absolute atomic E-state index is 0.314. The fourth-order valence-electron chi connectivity index (χ4n) is 2.96. The number of hydrogen-bond donors (Lipinski definition) is 1. The molecule has 1 aromatic carbocycles. The second-order valence-corrected chi connectivity index (χ2v) is 5.42. The Balaban J connectivity index is 1.60. The van der Waals surface area contributed by atoms with Crippen LogP contribution in [-0.2, 0) is 6.42 Å². The second kappa shape index (κ2) is 5.29. The van der Waals surface area contributed by atoms with Crippen LogP contribution in [0.2, 0.25) is 0 Å². The molecule has 0 radical (unpaired) electrons. The van der Waals surface area contributed by atoms with E-state index in [-0.39, 0.29) is 0 Å². The van der Waals surface area contributed by atoms with E-state index in [1.807, 2.05) is 6.07 Å². The number of nitrogens with zero attached hydrogens (tertiary/aromatic N) is 1. The van der Waals surface area contributed by atoms with Gasteiger partial charge in [0.05, 0.1) is 0 Å². The Morgan fingerprint density at radius 1 is 1.28 bits per heavy atom. The topological polar surface area (TPSA) is 38.5 Å². The van der Waals surface area contributed by atoms with E-state index in [9.17, 15) is 0 Å². The van der Waals surface area contributed by atoms with E-state index >= 15 is 0 Å². The lowest BCUT2D eigenvalue weighted by atomic mass is 9.91. The van der Waals surface area contributed by atoms with Gasteiger partial charge in [-0.25, -0.2) is 0 Å². The van der Waals surface area contributed by atoms with Crippen LogP contribution < -0.4 is 10.5 Å². The predicted molar refractivity (Wildman–Crippen MR) is 72.8 cm³/mol. The third-order valence-corrected chi connectivity index (χ3v) is 4.16. The first-order chi connectivity index (χ1) is 8.86. The zero-order chi connectivity index (χ0) is 12.4. The van der Waals surface area contributed by atoms with Crippen molar-refractivity contribution in [2.75, 3.05) is 19.6 Å². The van der Waals surface area contributed by atoms with Crippen LogP contribution >= 0.6 is 0 Å². The van der Waals surface area contributed by atoms with Gasteiger partial charge in [0.25, 0.3) is 0 Å². The van der Waals surface area contributed by atoms with Crippen LogP contribution in [0.25, 0.3) is 0 Å². The van der Waals surface area contributed by atoms with Crippen LogP contribution in [0, 0.1) is 0 Å². The number of benzene rings is 1. The molecule has 1 aromatic rings. The zero-order valence-corrected chi connectivity index (χ0v) is 10.8. The summed E-state index contributed by atoms with van der Waals surface area (Å²) >= 11 is 0. The van der Waals surface area contributed by atoms with E-state index in [1.54, 1.807) is 0 Å². The van der Waals surface area contributed by atoms with Gasteiger partial charge in [-0.1, -0.05) is 24.6 Å². The van der Waals surface area contributed by atoms with Gasteiger partial charge in [-0.2, -0.15) is 0 Å². The molecule has 1 unspecified atom stereocenters. The third-order valence-electron chi connectivity index (χ3n) is 4.16. The molecule has 0 amide bonds. The number of rotatable bonds is 5. The molecule has 1 saturated carbocycles. The van der Waals surface area contributed by atoms with Gasteiger partial charge in [0.15, 0.2) is 0 Å². The molecule has 0 saturated heterocycles. The molecular formula is C15H22N2O. The molecule has 3 heteroatoms. The quantitative estimate of drug-likeness (QED) is 0.861. The van der Waals surface area contributed by atoms with Crippen LogP contribution in [0.3, 0.4) is 0 Å². The van der Waals surface area contributed by atoms with Crippen molar-refractivity contribution >= 4 is 0 Å². The number of ether oxygens (including phenoxy) is 1. The van der Waals surface area contributed by atoms with E-state index in [1.165, 1.54) is 24.8 Å². The van der Waals surface area contributed by atoms with Crippen molar-refractivity contribution in [3.8, 4) is 5.75 Å². The first kappa shape index (κ1) is 12.0. The SMILES string of the molecule is NCCN(CC1Cc2ccccc2O1)C1CCC1. The van der Waals surface area contributed by atoms with Gasteiger partial charge in [0.2, 0.25) is 0 Å². The number of para-hydroxylation sites is 1. The summed E-state index contributed by atoms with van der Waals surface area (Å²) in [4.78, 5) is 2.53. The van der Waals surface area contributed by atoms with Gasteiger partial charge in [-0.05, 0) is 24.5 Å². The molecule has 1 atom stereocenters. The molecule has 1 fully saturated rings. The fraction of sp³-hybridized carbons (Fsp3) is 0.600. The summed E-state index contributed by atoms with van der Waals surface area (Å²) in [6.45, 7) is 2.77. The summed E-state index contributed by atoms with van der Waals surface area (Å²) < 4.78 is 6.02. The van der Waals surface area contributed by atoms with E-state index in [0.717, 1.165) is 37.8 Å². The zero-order valence-electron chi connectivity index (χ0n) is 10.8. The van der Waals surface area contributed by atoms with Crippen molar-refractivity contribution in [3.63, 3.8) is 0 Å². The Bertz CT molecular complexity index is 378. The molecule has 2 aliphatic rings. The van der Waals surface area contributed by atoms with E-state index < -0.39 is 0 Å². The molecule has 0 bridgehead atoms. The Kier molecular flexibility index (Phi) is 3.52. The highest BCUT2D eigenvalue weighted by Gasteiger charge is 2.29. The average Bonchev–Trinajstić information content (AvgIpc) is 2.69. The molecule has 2 N–H and O–H groups in total. The lowest BCUT2D eigenvalue weighted by Gasteiger charge is -2.38. The van der Waals surface area contributed by atoms with Crippen molar-refractivity contribution in [2.24, 2.45) is 5.73 Å². The summed E-state index contributed by atoms with van der Waals surface area (Å²) in [6.07, 6.45) is 5.40. The van der Waals surface area contributed by atoms with Crippen LogP contribution in [0.15, 0.2) is 24.3 Å². The maximum absolute atomic E-state index is 6.02. The van der Waals surface area contributed by atoms with Gasteiger partial charge < -0.3 is 10.5 Å². The first-order valence-corrected chi connectivity index (χ1v) is 7.05. The van der Waals surface area contributed by atoms with Gasteiger partial charge in [0.1, 0.15) is 11.9 Å². The van der Waals surface area contributed by atoms with Crippen molar-refractivity contribution in [3.05, 3.63) is 29.8 Å². The van der Waals surface area contributed by atoms with Crippen LogP contribution in [0.5, 0.6) is 5.75 Å². The molecule has 1 aliphatic carbocycles. The predicted octanol–water partition coefficient (Wildman–Crippen LogP) is 1.80. The van der Waals surface area contributed by atoms with Gasteiger partial charge >= 0.3 is 0 Å². The Morgan fingerprint density at radius 3 is 2.78 bits per heavy atom. The summed E-state index contributed by atoms with van der Waals surface area (Å²) in [5.74, 6) is 1.07. The number of hydrogen-bond acceptors (Lipinski definition) is 3. The van der Waals surface area contributed by atoms with Crippen molar-refractivity contribution in [2.45, 2.75) is 37.8 Å². The Morgan fingerprint density at radius 2 is 2.11 bits per heavy atom. The maximum atomic E-state index is 6.02. The van der Waals surface area contributed by atoms with Crippen LogP contribution in [-0.4, -0.2) is 36.7 Å². The van der Waals surface area contributed by atoms with Crippen LogP contribution in [0.1, 0.15) is 24.8 Å². The smallest absolute Gasteiger partial charge is 0.123 e. The molecule has 1 heterocycles. The van der Waals surface area contributed by atoms with Gasteiger partial charge in [-0.15, -0.1) is 0 Å². The van der Waals surface area contributed by atoms with Crippen molar-refractivity contribution in [1.29, 1.82) is 0 Å². The highest BCUT2D eigenvalue weighted by molar-refractivity contribution is 5.37. The molecular weight excluding hydrogens is 224 g/mol. The largest absolute Gasteiger partial charge is 0.488 e. The Labute approximate surface area is 109 Å². The molecule has 0 spiro atoms. The standard InChI is InChI=1S/C15H22N2O/c16-8-9-17(13-5-3-6-13)11-14-10-12-4-1-2-7-15(12)18-14/h1-2,4,7,13-14H,3,5-6,8-11,16H2. The lowest BCUT2D eigenvalue weighted by Crippen LogP contribution is -2.47. The average molecular weight is 246 g/mol. The maximum Gasteiger partial charge on any atom is 0.123 e. The summed E-state index contributed by atoms with van der Waals surface area (Å²) in [7, 11) is 0. The molecule has 98 valence electrons. The van der Waals surface area contributed by atoms with E-state index in [2.05, 4.69) is 23.1 Å². The first-order valence-electron chi connectivity index (χ1n) is 7.05. The summed E-state index contributed by atoms with van der Waals surface area (Å²) in [5.41, 5.74) is 7.07. The Hall–Kier alpha value is -1.06. The summed E-state index contributed by atoms with van der Waals surface area (Å²) in [5, 5.41) is 0. The third kappa shape index (κ3) is 2.38. The molecule has 1 aliphatic heterocycles. The van der Waals surface area contributed by atoms with E-state index in [0.29, 0.717) is 6.10 Å². The number of fused-ring (bicyclic) bond motifs is 1. The van der Waals surface area contributed by atoms with Crippen molar-refractivity contribution < 1.29 is 4.74 Å². The fourth-order valence-corrected chi connectivity index (χ4v) is 2.96. The normalized spacial score (nSPS) is 22.7. The molecule has 3 nitrogen and oxygen atoms in total. The highest BCUT2D eigenvalue weighted by atomic mass is 16.5. The monoisotopic (exact) mass is 246 g/mol. The lowest BCUT2D eigenvalue weighted by molar-refractivity contribution is 0.0812. The van der Waals surface area contributed by atoms with Crippen LogP contribution in [0.4, 0.5) is 0 Å². The summed E-state index contributed by atoms with van der Waals surface area (Å²) in [6, 6.07) is 9.14.